The summed E-state index contributed by atoms with van der Waals surface area (Å²) in [6.07, 6.45) is 6.15. The van der Waals surface area contributed by atoms with Crippen LogP contribution in [0.4, 0.5) is 0 Å². The number of rotatable bonds is 2. The highest BCUT2D eigenvalue weighted by molar-refractivity contribution is 5.16. The molecule has 17 heavy (non-hydrogen) atoms. The molecule has 0 aliphatic carbocycles. The number of fused-ring (bicyclic) bond motifs is 2. The van der Waals surface area contributed by atoms with Crippen molar-refractivity contribution in [3.05, 3.63) is 35.9 Å². The van der Waals surface area contributed by atoms with Gasteiger partial charge in [0.2, 0.25) is 0 Å². The van der Waals surface area contributed by atoms with Crippen molar-refractivity contribution in [2.75, 3.05) is 7.05 Å². The predicted octanol–water partition coefficient (Wildman–Crippen LogP) is 2.39. The van der Waals surface area contributed by atoms with Crippen LogP contribution in [0.25, 0.3) is 0 Å². The summed E-state index contributed by atoms with van der Waals surface area (Å²) < 4.78 is 0. The van der Waals surface area contributed by atoms with Crippen molar-refractivity contribution < 1.29 is 0 Å². The largest absolute Gasteiger partial charge is 0.313 e. The lowest BCUT2D eigenvalue weighted by atomic mass is 9.83. The fraction of sp³-hybridized carbons (Fsp3) is 0.600. The van der Waals surface area contributed by atoms with Gasteiger partial charge in [-0.2, -0.15) is 0 Å². The Morgan fingerprint density at radius 2 is 2.12 bits per heavy atom. The molecule has 1 unspecified atom stereocenters. The summed E-state index contributed by atoms with van der Waals surface area (Å²) in [5.74, 6) is 0.770. The monoisotopic (exact) mass is 230 g/mol. The van der Waals surface area contributed by atoms with Gasteiger partial charge in [-0.05, 0) is 50.6 Å². The zero-order valence-corrected chi connectivity index (χ0v) is 10.6. The summed E-state index contributed by atoms with van der Waals surface area (Å²) >= 11 is 0. The van der Waals surface area contributed by atoms with Gasteiger partial charge >= 0.3 is 0 Å². The van der Waals surface area contributed by atoms with Crippen molar-refractivity contribution in [3.8, 4) is 0 Å². The Balaban J connectivity index is 1.71. The topological polar surface area (TPSA) is 29.3 Å². The fourth-order valence-electron chi connectivity index (χ4n) is 3.74. The maximum absolute atomic E-state index is 6.51. The predicted molar refractivity (Wildman–Crippen MR) is 70.6 cm³/mol. The van der Waals surface area contributed by atoms with E-state index < -0.39 is 0 Å². The normalized spacial score (nSPS) is 37.3. The smallest absolute Gasteiger partial charge is 0.0690 e. The lowest BCUT2D eigenvalue weighted by Crippen LogP contribution is -2.56. The Bertz CT molecular complexity index is 389. The van der Waals surface area contributed by atoms with Crippen molar-refractivity contribution in [3.63, 3.8) is 0 Å². The molecule has 2 N–H and O–H groups in total. The molecule has 2 aliphatic heterocycles. The van der Waals surface area contributed by atoms with Crippen LogP contribution >= 0.6 is 0 Å². The average molecular weight is 230 g/mol. The van der Waals surface area contributed by atoms with Gasteiger partial charge < -0.3 is 5.73 Å². The van der Waals surface area contributed by atoms with E-state index in [1.54, 1.807) is 0 Å². The molecule has 0 radical (unpaired) electrons. The third-order valence-corrected chi connectivity index (χ3v) is 4.78. The SMILES string of the molecule is CN1[C@H]2CC[C@]1(N)CC(Cc1ccccc1)C2. The summed E-state index contributed by atoms with van der Waals surface area (Å²) in [5.41, 5.74) is 7.96. The zero-order chi connectivity index (χ0) is 11.9. The van der Waals surface area contributed by atoms with E-state index in [-0.39, 0.29) is 5.66 Å². The van der Waals surface area contributed by atoms with Crippen LogP contribution in [0, 0.1) is 5.92 Å². The first-order valence-electron chi connectivity index (χ1n) is 6.73. The van der Waals surface area contributed by atoms with Gasteiger partial charge in [-0.3, -0.25) is 4.90 Å². The number of nitrogens with two attached hydrogens (primary N) is 1. The van der Waals surface area contributed by atoms with E-state index in [4.69, 9.17) is 5.73 Å². The van der Waals surface area contributed by atoms with Gasteiger partial charge in [-0.1, -0.05) is 30.3 Å². The van der Waals surface area contributed by atoms with Crippen molar-refractivity contribution in [2.45, 2.75) is 43.8 Å². The minimum Gasteiger partial charge on any atom is -0.313 e. The molecule has 0 spiro atoms. The molecular weight excluding hydrogens is 208 g/mol. The van der Waals surface area contributed by atoms with Gasteiger partial charge in [0.15, 0.2) is 0 Å². The minimum atomic E-state index is -0.0115. The van der Waals surface area contributed by atoms with Gasteiger partial charge in [0.1, 0.15) is 0 Å². The minimum absolute atomic E-state index is 0.0115. The maximum atomic E-state index is 6.51. The first-order chi connectivity index (χ1) is 8.17. The number of piperidine rings is 1. The van der Waals surface area contributed by atoms with Crippen molar-refractivity contribution in [1.82, 2.24) is 4.90 Å². The lowest BCUT2D eigenvalue weighted by molar-refractivity contribution is 0.0535. The number of nitrogens with zero attached hydrogens (tertiary/aromatic N) is 1. The van der Waals surface area contributed by atoms with Crippen LogP contribution in [-0.4, -0.2) is 23.7 Å². The first kappa shape index (κ1) is 11.2. The molecule has 1 aromatic carbocycles. The molecule has 3 rings (SSSR count). The molecule has 2 heteroatoms. The molecule has 0 amide bonds. The summed E-state index contributed by atoms with van der Waals surface area (Å²) in [4.78, 5) is 2.43. The quantitative estimate of drug-likeness (QED) is 0.845. The van der Waals surface area contributed by atoms with E-state index in [9.17, 15) is 0 Å². The Morgan fingerprint density at radius 1 is 1.35 bits per heavy atom. The van der Waals surface area contributed by atoms with Gasteiger partial charge in [0.05, 0.1) is 5.66 Å². The van der Waals surface area contributed by atoms with Gasteiger partial charge in [-0.15, -0.1) is 0 Å². The van der Waals surface area contributed by atoms with Crippen LogP contribution in [-0.2, 0) is 6.42 Å². The molecule has 0 aromatic heterocycles. The van der Waals surface area contributed by atoms with Crippen LogP contribution < -0.4 is 5.73 Å². The molecule has 1 aromatic rings. The van der Waals surface area contributed by atoms with Crippen LogP contribution in [0.2, 0.25) is 0 Å². The number of hydrogen-bond donors (Lipinski definition) is 1. The van der Waals surface area contributed by atoms with Crippen LogP contribution in [0.3, 0.4) is 0 Å². The Morgan fingerprint density at radius 3 is 2.82 bits per heavy atom. The van der Waals surface area contributed by atoms with Gasteiger partial charge in [0, 0.05) is 6.04 Å². The number of hydrogen-bond acceptors (Lipinski definition) is 2. The molecule has 2 saturated heterocycles. The van der Waals surface area contributed by atoms with E-state index in [0.717, 1.165) is 18.4 Å². The second-order valence-corrected chi connectivity index (χ2v) is 5.90. The second-order valence-electron chi connectivity index (χ2n) is 5.90. The lowest BCUT2D eigenvalue weighted by Gasteiger charge is -2.43. The summed E-state index contributed by atoms with van der Waals surface area (Å²) in [6, 6.07) is 11.6. The molecule has 92 valence electrons. The third-order valence-electron chi connectivity index (χ3n) is 4.78. The van der Waals surface area contributed by atoms with Crippen LogP contribution in [0.1, 0.15) is 31.2 Å². The third kappa shape index (κ3) is 2.00. The highest BCUT2D eigenvalue weighted by Gasteiger charge is 2.47. The molecule has 2 nitrogen and oxygen atoms in total. The van der Waals surface area contributed by atoms with Crippen molar-refractivity contribution >= 4 is 0 Å². The molecule has 0 saturated carbocycles. The molecule has 2 aliphatic rings. The molecule has 2 bridgehead atoms. The van der Waals surface area contributed by atoms with Gasteiger partial charge in [0.25, 0.3) is 0 Å². The fourth-order valence-corrected chi connectivity index (χ4v) is 3.74. The molecular formula is C15H22N2. The zero-order valence-electron chi connectivity index (χ0n) is 10.6. The maximum Gasteiger partial charge on any atom is 0.0690 e. The van der Waals surface area contributed by atoms with Crippen molar-refractivity contribution in [1.29, 1.82) is 0 Å². The highest BCUT2D eigenvalue weighted by atomic mass is 15.3. The van der Waals surface area contributed by atoms with E-state index in [1.165, 1.54) is 31.2 Å². The van der Waals surface area contributed by atoms with Gasteiger partial charge in [-0.25, -0.2) is 0 Å². The van der Waals surface area contributed by atoms with E-state index in [2.05, 4.69) is 42.3 Å². The molecule has 3 atom stereocenters. The highest BCUT2D eigenvalue weighted by Crippen LogP contribution is 2.43. The second kappa shape index (κ2) is 4.11. The summed E-state index contributed by atoms with van der Waals surface area (Å²) in [7, 11) is 2.20. The van der Waals surface area contributed by atoms with E-state index in [1.807, 2.05) is 0 Å². The van der Waals surface area contributed by atoms with Crippen LogP contribution in [0.5, 0.6) is 0 Å². The van der Waals surface area contributed by atoms with Crippen LogP contribution in [0.15, 0.2) is 30.3 Å². The summed E-state index contributed by atoms with van der Waals surface area (Å²) in [5, 5.41) is 0. The van der Waals surface area contributed by atoms with E-state index in [0.29, 0.717) is 0 Å². The standard InChI is InChI=1S/C15H22N2/c1-17-14-7-8-15(17,16)11-13(10-14)9-12-5-3-2-4-6-12/h2-6,13-14H,7-11,16H2,1H3/t13?,14-,15+/m0/s1. The average Bonchev–Trinajstić information content (AvgIpc) is 2.51. The van der Waals surface area contributed by atoms with E-state index >= 15 is 0 Å². The Labute approximate surface area is 104 Å². The van der Waals surface area contributed by atoms with Crippen molar-refractivity contribution in [2.24, 2.45) is 11.7 Å². The molecule has 2 heterocycles. The first-order valence-corrected chi connectivity index (χ1v) is 6.73. The Kier molecular flexibility index (Phi) is 2.72. The molecule has 2 fully saturated rings. The number of benzene rings is 1. The summed E-state index contributed by atoms with van der Waals surface area (Å²) in [6.45, 7) is 0. The Hall–Kier alpha value is -0.860.